The van der Waals surface area contributed by atoms with Crippen molar-refractivity contribution in [2.24, 2.45) is 0 Å². The number of thiophene rings is 1. The molecule has 0 aliphatic rings. The van der Waals surface area contributed by atoms with Crippen molar-refractivity contribution in [3.63, 3.8) is 0 Å². The predicted molar refractivity (Wildman–Crippen MR) is 80.3 cm³/mol. The molecule has 21 heavy (non-hydrogen) atoms. The Morgan fingerprint density at radius 2 is 2.05 bits per heavy atom. The smallest absolute Gasteiger partial charge is 0.357 e. The SMILES string of the molecule is CCCN(CC(F)(F)F)c1nc(NC)nc2sc(C)cc12. The quantitative estimate of drug-likeness (QED) is 0.910. The first kappa shape index (κ1) is 15.8. The minimum atomic E-state index is -4.27. The molecule has 2 heterocycles. The van der Waals surface area contributed by atoms with Crippen LogP contribution < -0.4 is 10.2 Å². The fraction of sp³-hybridized carbons (Fsp3) is 0.538. The number of aromatic nitrogens is 2. The molecule has 0 aliphatic carbocycles. The molecule has 0 spiro atoms. The van der Waals surface area contributed by atoms with Crippen molar-refractivity contribution in [1.29, 1.82) is 0 Å². The Balaban J connectivity index is 2.54. The van der Waals surface area contributed by atoms with Crippen LogP contribution in [-0.4, -0.2) is 36.3 Å². The van der Waals surface area contributed by atoms with Gasteiger partial charge in [0.05, 0.1) is 5.39 Å². The third-order valence-corrected chi connectivity index (χ3v) is 3.83. The van der Waals surface area contributed by atoms with Crippen molar-refractivity contribution >= 4 is 33.3 Å². The summed E-state index contributed by atoms with van der Waals surface area (Å²) in [5.41, 5.74) is 0. The molecule has 0 bridgehead atoms. The molecule has 2 aromatic rings. The highest BCUT2D eigenvalue weighted by Gasteiger charge is 2.32. The minimum Gasteiger partial charge on any atom is -0.357 e. The molecule has 0 saturated carbocycles. The molecule has 0 fully saturated rings. The Morgan fingerprint density at radius 3 is 2.62 bits per heavy atom. The van der Waals surface area contributed by atoms with Crippen LogP contribution in [0.1, 0.15) is 18.2 Å². The van der Waals surface area contributed by atoms with Crippen molar-refractivity contribution in [2.75, 3.05) is 30.4 Å². The van der Waals surface area contributed by atoms with Crippen LogP contribution in [0.3, 0.4) is 0 Å². The van der Waals surface area contributed by atoms with Crippen LogP contribution in [0.25, 0.3) is 10.2 Å². The van der Waals surface area contributed by atoms with Gasteiger partial charge in [0.15, 0.2) is 0 Å². The van der Waals surface area contributed by atoms with E-state index in [1.54, 1.807) is 7.05 Å². The van der Waals surface area contributed by atoms with Gasteiger partial charge in [0, 0.05) is 18.5 Å². The maximum Gasteiger partial charge on any atom is 0.405 e. The number of nitrogens with zero attached hydrogens (tertiary/aromatic N) is 3. The monoisotopic (exact) mass is 318 g/mol. The highest BCUT2D eigenvalue weighted by Crippen LogP contribution is 2.33. The van der Waals surface area contributed by atoms with E-state index in [0.29, 0.717) is 34.9 Å². The predicted octanol–water partition coefficient (Wildman–Crippen LogP) is 3.82. The topological polar surface area (TPSA) is 41.1 Å². The Labute approximate surface area is 125 Å². The molecule has 0 atom stereocenters. The molecular formula is C13H17F3N4S. The van der Waals surface area contributed by atoms with Crippen molar-refractivity contribution in [3.05, 3.63) is 10.9 Å². The highest BCUT2D eigenvalue weighted by atomic mass is 32.1. The molecule has 0 radical (unpaired) electrons. The summed E-state index contributed by atoms with van der Waals surface area (Å²) in [6.45, 7) is 3.04. The van der Waals surface area contributed by atoms with Gasteiger partial charge in [0.1, 0.15) is 17.2 Å². The Kier molecular flexibility index (Phi) is 4.55. The normalized spacial score (nSPS) is 11.9. The lowest BCUT2D eigenvalue weighted by Gasteiger charge is -2.25. The Bertz CT molecular complexity index is 624. The van der Waals surface area contributed by atoms with Gasteiger partial charge in [-0.2, -0.15) is 18.2 Å². The van der Waals surface area contributed by atoms with Crippen molar-refractivity contribution in [1.82, 2.24) is 9.97 Å². The Morgan fingerprint density at radius 1 is 1.33 bits per heavy atom. The van der Waals surface area contributed by atoms with Gasteiger partial charge in [-0.1, -0.05) is 6.92 Å². The van der Waals surface area contributed by atoms with E-state index in [9.17, 15) is 13.2 Å². The standard InChI is InChI=1S/C13H17F3N4S/c1-4-5-20(7-13(14,15)16)10-9-6-8(2)21-11(9)19-12(17-3)18-10/h6H,4-5,7H2,1-3H3,(H,17,18,19). The number of aryl methyl sites for hydroxylation is 1. The number of alkyl halides is 3. The lowest BCUT2D eigenvalue weighted by Crippen LogP contribution is -2.35. The zero-order valence-electron chi connectivity index (χ0n) is 12.1. The van der Waals surface area contributed by atoms with Crippen LogP contribution in [0.15, 0.2) is 6.07 Å². The summed E-state index contributed by atoms with van der Waals surface area (Å²) in [5.74, 6) is 0.676. The van der Waals surface area contributed by atoms with Crippen LogP contribution in [-0.2, 0) is 0 Å². The zero-order valence-corrected chi connectivity index (χ0v) is 12.9. The maximum atomic E-state index is 12.8. The second-order valence-electron chi connectivity index (χ2n) is 4.73. The summed E-state index contributed by atoms with van der Waals surface area (Å²) in [5, 5.41) is 3.48. The molecule has 8 heteroatoms. The van der Waals surface area contributed by atoms with Gasteiger partial charge in [-0.3, -0.25) is 0 Å². The molecule has 2 aromatic heterocycles. The van der Waals surface area contributed by atoms with Gasteiger partial charge < -0.3 is 10.2 Å². The molecule has 0 aromatic carbocycles. The minimum absolute atomic E-state index is 0.295. The summed E-state index contributed by atoms with van der Waals surface area (Å²) >= 11 is 1.45. The summed E-state index contributed by atoms with van der Waals surface area (Å²) in [6.07, 6.45) is -3.66. The number of halogens is 3. The van der Waals surface area contributed by atoms with E-state index in [4.69, 9.17) is 0 Å². The van der Waals surface area contributed by atoms with E-state index in [0.717, 1.165) is 4.88 Å². The Hall–Kier alpha value is -1.57. The molecule has 0 aliphatic heterocycles. The fourth-order valence-corrected chi connectivity index (χ4v) is 3.00. The van der Waals surface area contributed by atoms with Crippen LogP contribution in [0.2, 0.25) is 0 Å². The number of nitrogens with one attached hydrogen (secondary N) is 1. The van der Waals surface area contributed by atoms with Crippen molar-refractivity contribution < 1.29 is 13.2 Å². The highest BCUT2D eigenvalue weighted by molar-refractivity contribution is 7.18. The second kappa shape index (κ2) is 6.05. The van der Waals surface area contributed by atoms with Gasteiger partial charge in [0.2, 0.25) is 5.95 Å². The lowest BCUT2D eigenvalue weighted by atomic mass is 10.3. The molecule has 0 unspecified atom stereocenters. The maximum absolute atomic E-state index is 12.8. The number of anilines is 2. The van der Waals surface area contributed by atoms with Gasteiger partial charge in [-0.25, -0.2) is 4.98 Å². The molecule has 1 N–H and O–H groups in total. The molecular weight excluding hydrogens is 301 g/mol. The summed E-state index contributed by atoms with van der Waals surface area (Å²) in [4.78, 5) is 11.5. The average molecular weight is 318 g/mol. The fourth-order valence-electron chi connectivity index (χ4n) is 2.13. The largest absolute Gasteiger partial charge is 0.405 e. The van der Waals surface area contributed by atoms with E-state index in [1.165, 1.54) is 16.2 Å². The number of hydrogen-bond acceptors (Lipinski definition) is 5. The lowest BCUT2D eigenvalue weighted by molar-refractivity contribution is -0.119. The third-order valence-electron chi connectivity index (χ3n) is 2.88. The summed E-state index contributed by atoms with van der Waals surface area (Å²) < 4.78 is 38.4. The number of rotatable bonds is 5. The van der Waals surface area contributed by atoms with Crippen molar-refractivity contribution in [2.45, 2.75) is 26.4 Å². The average Bonchev–Trinajstić information content (AvgIpc) is 2.75. The number of hydrogen-bond donors (Lipinski definition) is 1. The van der Waals surface area contributed by atoms with Gasteiger partial charge >= 0.3 is 6.18 Å². The molecule has 2 rings (SSSR count). The first-order valence-electron chi connectivity index (χ1n) is 6.61. The van der Waals surface area contributed by atoms with Crippen LogP contribution in [0.5, 0.6) is 0 Å². The van der Waals surface area contributed by atoms with Gasteiger partial charge in [-0.05, 0) is 19.4 Å². The van der Waals surface area contributed by atoms with Crippen molar-refractivity contribution in [3.8, 4) is 0 Å². The molecule has 0 saturated heterocycles. The third kappa shape index (κ3) is 3.75. The van der Waals surface area contributed by atoms with Gasteiger partial charge in [-0.15, -0.1) is 11.3 Å². The second-order valence-corrected chi connectivity index (χ2v) is 5.97. The van der Waals surface area contributed by atoms with E-state index >= 15 is 0 Å². The van der Waals surface area contributed by atoms with Crippen LogP contribution >= 0.6 is 11.3 Å². The van der Waals surface area contributed by atoms with Crippen LogP contribution in [0.4, 0.5) is 24.9 Å². The van der Waals surface area contributed by atoms with Gasteiger partial charge in [0.25, 0.3) is 0 Å². The summed E-state index contributed by atoms with van der Waals surface area (Å²) in [7, 11) is 1.65. The van der Waals surface area contributed by atoms with E-state index in [1.807, 2.05) is 19.9 Å². The van der Waals surface area contributed by atoms with Crippen LogP contribution in [0, 0.1) is 6.92 Å². The van der Waals surface area contributed by atoms with E-state index in [2.05, 4.69) is 15.3 Å². The van der Waals surface area contributed by atoms with E-state index in [-0.39, 0.29) is 0 Å². The molecule has 4 nitrogen and oxygen atoms in total. The first-order chi connectivity index (χ1) is 9.84. The van der Waals surface area contributed by atoms with E-state index < -0.39 is 12.7 Å². The molecule has 0 amide bonds. The summed E-state index contributed by atoms with van der Waals surface area (Å²) in [6, 6.07) is 1.84. The molecule has 116 valence electrons. The first-order valence-corrected chi connectivity index (χ1v) is 7.43. The zero-order chi connectivity index (χ0) is 15.6. The number of fused-ring (bicyclic) bond motifs is 1.